The van der Waals surface area contributed by atoms with Gasteiger partial charge in [0, 0.05) is 25.4 Å². The Labute approximate surface area is 197 Å². The normalized spacial score (nSPS) is 18.6. The standard InChI is InChI=1S/C23H28N4O3S2/c1-15(2)30-13-7-11-24-20-17(21(28)26-12-6-5-10-19(26)25-20)14-18-22(29)27(23(31)32-18)16-8-3-4-9-16/h5-6,10,12,14-16,24H,3-4,7-9,11,13H2,1-2H3. The van der Waals surface area contributed by atoms with Crippen LogP contribution in [0.1, 0.15) is 51.5 Å². The summed E-state index contributed by atoms with van der Waals surface area (Å²) < 4.78 is 7.66. The van der Waals surface area contributed by atoms with Crippen molar-refractivity contribution >= 4 is 51.7 Å². The van der Waals surface area contributed by atoms with E-state index in [0.29, 0.717) is 39.4 Å². The van der Waals surface area contributed by atoms with E-state index in [-0.39, 0.29) is 23.6 Å². The molecule has 3 heterocycles. The predicted molar refractivity (Wildman–Crippen MR) is 133 cm³/mol. The van der Waals surface area contributed by atoms with Crippen molar-refractivity contribution in [1.82, 2.24) is 14.3 Å². The van der Waals surface area contributed by atoms with Crippen LogP contribution in [0.15, 0.2) is 34.1 Å². The van der Waals surface area contributed by atoms with Crippen LogP contribution in [0.25, 0.3) is 11.7 Å². The number of fused-ring (bicyclic) bond motifs is 1. The molecule has 0 atom stereocenters. The van der Waals surface area contributed by atoms with E-state index in [1.807, 2.05) is 19.9 Å². The maximum absolute atomic E-state index is 13.3. The molecule has 1 saturated carbocycles. The van der Waals surface area contributed by atoms with E-state index in [2.05, 4.69) is 10.3 Å². The highest BCUT2D eigenvalue weighted by Crippen LogP contribution is 2.38. The van der Waals surface area contributed by atoms with Crippen LogP contribution in [-0.4, -0.2) is 49.8 Å². The number of aromatic nitrogens is 2. The second-order valence-corrected chi connectivity index (χ2v) is 9.97. The molecule has 170 valence electrons. The Balaban J connectivity index is 1.64. The summed E-state index contributed by atoms with van der Waals surface area (Å²) in [6.07, 6.45) is 8.47. The first kappa shape index (κ1) is 22.9. The molecule has 32 heavy (non-hydrogen) atoms. The average molecular weight is 473 g/mol. The molecule has 0 spiro atoms. The molecule has 1 aliphatic carbocycles. The van der Waals surface area contributed by atoms with Crippen LogP contribution in [0.3, 0.4) is 0 Å². The van der Waals surface area contributed by atoms with Gasteiger partial charge in [-0.1, -0.05) is 42.9 Å². The van der Waals surface area contributed by atoms with Gasteiger partial charge in [0.15, 0.2) is 0 Å². The number of thiocarbonyl (C=S) groups is 1. The van der Waals surface area contributed by atoms with Crippen LogP contribution in [0.2, 0.25) is 0 Å². The molecule has 9 heteroatoms. The maximum atomic E-state index is 13.3. The van der Waals surface area contributed by atoms with Gasteiger partial charge >= 0.3 is 0 Å². The third kappa shape index (κ3) is 4.89. The molecule has 2 aromatic rings. The number of anilines is 1. The van der Waals surface area contributed by atoms with E-state index in [1.54, 1.807) is 29.3 Å². The van der Waals surface area contributed by atoms with Crippen LogP contribution < -0.4 is 10.9 Å². The minimum Gasteiger partial charge on any atom is -0.379 e. The third-order valence-electron chi connectivity index (χ3n) is 5.62. The van der Waals surface area contributed by atoms with Crippen molar-refractivity contribution in [3.8, 4) is 0 Å². The molecule has 0 bridgehead atoms. The maximum Gasteiger partial charge on any atom is 0.267 e. The summed E-state index contributed by atoms with van der Waals surface area (Å²) in [7, 11) is 0. The lowest BCUT2D eigenvalue weighted by Gasteiger charge is -2.21. The fourth-order valence-electron chi connectivity index (χ4n) is 4.05. The highest BCUT2D eigenvalue weighted by Gasteiger charge is 2.38. The topological polar surface area (TPSA) is 75.9 Å². The fraction of sp³-hybridized carbons (Fsp3) is 0.478. The summed E-state index contributed by atoms with van der Waals surface area (Å²) in [5.41, 5.74) is 0.696. The summed E-state index contributed by atoms with van der Waals surface area (Å²) in [4.78, 5) is 33.3. The molecule has 0 unspecified atom stereocenters. The molecule has 7 nitrogen and oxygen atoms in total. The molecule has 1 amide bonds. The largest absolute Gasteiger partial charge is 0.379 e. The summed E-state index contributed by atoms with van der Waals surface area (Å²) in [5.74, 6) is 0.359. The number of amides is 1. The van der Waals surface area contributed by atoms with Crippen LogP contribution in [-0.2, 0) is 9.53 Å². The number of rotatable bonds is 8. The molecule has 0 radical (unpaired) electrons. The lowest BCUT2D eigenvalue weighted by Crippen LogP contribution is -2.36. The zero-order valence-electron chi connectivity index (χ0n) is 18.4. The monoisotopic (exact) mass is 472 g/mol. The minimum atomic E-state index is -0.220. The summed E-state index contributed by atoms with van der Waals surface area (Å²) >= 11 is 6.78. The van der Waals surface area contributed by atoms with Gasteiger partial charge < -0.3 is 10.1 Å². The van der Waals surface area contributed by atoms with Crippen LogP contribution in [0.5, 0.6) is 0 Å². The van der Waals surface area contributed by atoms with Crippen molar-refractivity contribution in [2.24, 2.45) is 0 Å². The number of thioether (sulfide) groups is 1. The van der Waals surface area contributed by atoms with Crippen molar-refractivity contribution in [3.05, 3.63) is 45.2 Å². The Bertz CT molecular complexity index is 1110. The van der Waals surface area contributed by atoms with Gasteiger partial charge in [0.05, 0.1) is 16.6 Å². The highest BCUT2D eigenvalue weighted by atomic mass is 32.2. The van der Waals surface area contributed by atoms with Gasteiger partial charge in [0.2, 0.25) is 0 Å². The van der Waals surface area contributed by atoms with Crippen LogP contribution in [0, 0.1) is 0 Å². The van der Waals surface area contributed by atoms with E-state index in [0.717, 1.165) is 32.1 Å². The second kappa shape index (κ2) is 10.1. The van der Waals surface area contributed by atoms with Crippen molar-refractivity contribution in [2.45, 2.75) is 58.1 Å². The Hall–Kier alpha value is -2.23. The Kier molecular flexibility index (Phi) is 7.27. The summed E-state index contributed by atoms with van der Waals surface area (Å²) in [5, 5.41) is 3.27. The van der Waals surface area contributed by atoms with Gasteiger partial charge in [0.25, 0.3) is 11.5 Å². The van der Waals surface area contributed by atoms with Crippen molar-refractivity contribution in [1.29, 1.82) is 0 Å². The van der Waals surface area contributed by atoms with E-state index >= 15 is 0 Å². The SMILES string of the molecule is CC(C)OCCCNc1nc2ccccn2c(=O)c1C=C1SC(=S)N(C2CCCC2)C1=O. The average Bonchev–Trinajstić information content (AvgIpc) is 3.38. The van der Waals surface area contributed by atoms with E-state index in [9.17, 15) is 9.59 Å². The first-order valence-electron chi connectivity index (χ1n) is 11.1. The van der Waals surface area contributed by atoms with Gasteiger partial charge in [0.1, 0.15) is 15.8 Å². The zero-order chi connectivity index (χ0) is 22.7. The number of pyridine rings is 1. The summed E-state index contributed by atoms with van der Waals surface area (Å²) in [6, 6.07) is 5.59. The Morgan fingerprint density at radius 2 is 2.09 bits per heavy atom. The van der Waals surface area contributed by atoms with E-state index < -0.39 is 0 Å². The Morgan fingerprint density at radius 1 is 1.31 bits per heavy atom. The molecule has 1 aliphatic heterocycles. The number of carbonyl (C=O) groups is 1. The predicted octanol–water partition coefficient (Wildman–Crippen LogP) is 4.07. The molecule has 4 rings (SSSR count). The number of carbonyl (C=O) groups excluding carboxylic acids is 1. The lowest BCUT2D eigenvalue weighted by molar-refractivity contribution is -0.123. The van der Waals surface area contributed by atoms with Crippen LogP contribution in [0.4, 0.5) is 5.82 Å². The quantitative estimate of drug-likeness (QED) is 0.353. The number of nitrogens with zero attached hydrogens (tertiary/aromatic N) is 3. The smallest absolute Gasteiger partial charge is 0.267 e. The van der Waals surface area contributed by atoms with E-state index in [1.165, 1.54) is 16.2 Å². The molecule has 0 aromatic carbocycles. The van der Waals surface area contributed by atoms with Gasteiger partial charge in [-0.3, -0.25) is 18.9 Å². The van der Waals surface area contributed by atoms with Crippen molar-refractivity contribution in [2.75, 3.05) is 18.5 Å². The van der Waals surface area contributed by atoms with Crippen molar-refractivity contribution < 1.29 is 9.53 Å². The van der Waals surface area contributed by atoms with Gasteiger partial charge in [-0.15, -0.1) is 0 Å². The van der Waals surface area contributed by atoms with Crippen LogP contribution >= 0.6 is 24.0 Å². The molecule has 2 fully saturated rings. The molecular formula is C23H28N4O3S2. The minimum absolute atomic E-state index is 0.110. The third-order valence-corrected chi connectivity index (χ3v) is 6.95. The zero-order valence-corrected chi connectivity index (χ0v) is 20.0. The highest BCUT2D eigenvalue weighted by molar-refractivity contribution is 8.26. The first-order chi connectivity index (χ1) is 15.5. The number of hydrogen-bond acceptors (Lipinski definition) is 7. The van der Waals surface area contributed by atoms with Gasteiger partial charge in [-0.2, -0.15) is 0 Å². The lowest BCUT2D eigenvalue weighted by atomic mass is 10.2. The summed E-state index contributed by atoms with van der Waals surface area (Å²) in [6.45, 7) is 5.22. The molecule has 2 aliphatic rings. The number of ether oxygens (including phenoxy) is 1. The molecule has 2 aromatic heterocycles. The number of nitrogens with one attached hydrogen (secondary N) is 1. The second-order valence-electron chi connectivity index (χ2n) is 8.30. The van der Waals surface area contributed by atoms with E-state index in [4.69, 9.17) is 17.0 Å². The van der Waals surface area contributed by atoms with Gasteiger partial charge in [-0.25, -0.2) is 4.98 Å². The number of hydrogen-bond donors (Lipinski definition) is 1. The van der Waals surface area contributed by atoms with Gasteiger partial charge in [-0.05, 0) is 51.3 Å². The first-order valence-corrected chi connectivity index (χ1v) is 12.3. The Morgan fingerprint density at radius 3 is 2.84 bits per heavy atom. The van der Waals surface area contributed by atoms with Crippen molar-refractivity contribution in [3.63, 3.8) is 0 Å². The molecule has 1 saturated heterocycles. The molecular weight excluding hydrogens is 444 g/mol. The fourth-order valence-corrected chi connectivity index (χ4v) is 5.44. The molecule has 1 N–H and O–H groups in total.